The average molecular weight is 1350 g/mol. The van der Waals surface area contributed by atoms with E-state index in [-0.39, 0.29) is 0 Å². The van der Waals surface area contributed by atoms with Gasteiger partial charge in [0.1, 0.15) is 73.1 Å². The van der Waals surface area contributed by atoms with E-state index in [1.165, 1.54) is 4.72 Å². The summed E-state index contributed by atoms with van der Waals surface area (Å²) < 4.78 is 263. The maximum Gasteiger partial charge on any atom is 0.397 e. The normalized spacial score (nSPS) is 34.9. The monoisotopic (exact) mass is 1350 g/mol. The van der Waals surface area contributed by atoms with Crippen LogP contribution >= 0.6 is 0 Å². The zero-order valence-corrected chi connectivity index (χ0v) is 48.9. The number of nitrogens with one attached hydrogen (secondary N) is 3. The number of carboxylic acids is 1. The zero-order chi connectivity index (χ0) is 64.3. The van der Waals surface area contributed by atoms with Crippen molar-refractivity contribution in [1.29, 1.82) is 0 Å². The number of hydrogen-bond acceptors (Lipinski definition) is 33. The van der Waals surface area contributed by atoms with Gasteiger partial charge in [0, 0.05) is 34.5 Å². The molecule has 83 heavy (non-hydrogen) atoms. The summed E-state index contributed by atoms with van der Waals surface area (Å²) in [6.45, 7) is 4.71. The van der Waals surface area contributed by atoms with Crippen molar-refractivity contribution in [2.45, 2.75) is 162 Å². The number of aliphatic hydroxyl groups is 4. The minimum Gasteiger partial charge on any atom is -0.479 e. The summed E-state index contributed by atoms with van der Waals surface area (Å²) in [5.41, 5.74) is 5.11. The summed E-state index contributed by atoms with van der Waals surface area (Å²) in [5.74, 6) is -2.67. The lowest BCUT2D eigenvalue weighted by Gasteiger charge is -2.47. The van der Waals surface area contributed by atoms with Crippen LogP contribution < -0.4 is 20.5 Å². The first kappa shape index (κ1) is 76.7. The molecule has 4 heterocycles. The summed E-state index contributed by atoms with van der Waals surface area (Å²) >= 11 is 0. The van der Waals surface area contributed by atoms with Crippen molar-refractivity contribution in [3.8, 4) is 0 Å². The molecule has 0 aromatic carbocycles. The first-order valence-electron chi connectivity index (χ1n) is 22.8. The third kappa shape index (κ3) is 25.3. The summed E-state index contributed by atoms with van der Waals surface area (Å²) in [4.78, 5) is 24.4. The molecule has 492 valence electrons. The number of aliphatic carboxylic acids is 1. The second-order valence-corrected chi connectivity index (χ2v) is 24.5. The number of carboxylic acid groups (broad SMARTS) is 1. The first-order chi connectivity index (χ1) is 37.7. The predicted molar refractivity (Wildman–Crippen MR) is 259 cm³/mol. The second-order valence-electron chi connectivity index (χ2n) is 17.9. The third-order valence-electron chi connectivity index (χ3n) is 10.7. The molecule has 20 atom stereocenters. The molecule has 43 nitrogen and oxygen atoms in total. The Morgan fingerprint density at radius 3 is 1.07 bits per heavy atom. The number of amides is 1. The van der Waals surface area contributed by atoms with Crippen LogP contribution in [0.25, 0.3) is 0 Å². The highest BCUT2D eigenvalue weighted by atomic mass is 32.3. The standard InChI is InChI=1S/C17H32N2O19S3.C14H25NO20S3.C3H9N/c1-6(2)18-15(22)14-12(32-3)10(21)13(38-41(29,30)31)17(37-14)36-11-7(5-34-40(26,27)28)35-16(33-4)8(9(11)20)19-39(23,24)25;1-29-9-7(17)10(35-38(26,27)28)14(34-11(9)12(18)19)33-8-4(3-31-37(23,24)25)32-13(30-2)5(6(8)16)15-36(20,21)22;1-3(2)4/h6-14,16-17,19-21H,5H2,1-4H3,(H,18,22)(H,23,24,25)(H,26,27,28)(H,29,30,31);4-11,13-17H,3H2,1-2H3,(H,18,19)(H,20,21,22)(H,23,24,25)(H,26,27,28);3H,4H2,1-2H3/t7?,8-,9?,10?,11-,12-,13-,14?,16-,17+;4?,5-,6?,7?,8-,9-,10-,11?,13-,14+;/m00./s1. The molecule has 0 aromatic heterocycles. The Morgan fingerprint density at radius 1 is 0.482 bits per heavy atom. The molecule has 4 aliphatic rings. The summed E-state index contributed by atoms with van der Waals surface area (Å²) in [6, 6.07) is -3.97. The highest BCUT2D eigenvalue weighted by Gasteiger charge is 2.57. The SMILES string of the molecule is CC(C)N.CO[C@@H]1C(C(=O)NC(C)C)O[C@@H](O[C@H]2C(COS(=O)(=O)O)O[C@H](OC)[C@@H](NS(=O)(=O)O)C2O)[C@@H](OS(=O)(=O)O)C1O.CO[C@@H]1C(C(=O)O)O[C@@H](O[C@H]2C(COS(=O)(=O)O)O[C@H](OC)[C@@H](NS(=O)(=O)O)C2O)[C@@H](OS(=O)(=O)O)C1O. The van der Waals surface area contributed by atoms with E-state index >= 15 is 0 Å². The fourth-order valence-corrected chi connectivity index (χ4v) is 10.5. The number of hydrogen-bond donors (Lipinski definition) is 15. The quantitative estimate of drug-likeness (QED) is 0.0378. The number of ether oxygens (including phenoxy) is 10. The molecule has 0 spiro atoms. The summed E-state index contributed by atoms with van der Waals surface area (Å²) in [5, 5.41) is 55.0. The third-order valence-corrected chi connectivity index (χ3v) is 13.6. The van der Waals surface area contributed by atoms with Crippen molar-refractivity contribution in [2.24, 2.45) is 5.73 Å². The highest BCUT2D eigenvalue weighted by molar-refractivity contribution is 7.84. The lowest BCUT2D eigenvalue weighted by molar-refractivity contribution is -0.339. The van der Waals surface area contributed by atoms with Crippen LogP contribution in [-0.2, 0) is 136 Å². The number of methoxy groups -OCH3 is 4. The van der Waals surface area contributed by atoms with Crippen LogP contribution in [0.4, 0.5) is 0 Å². The van der Waals surface area contributed by atoms with Crippen LogP contribution in [-0.4, -0.2) is 292 Å². The van der Waals surface area contributed by atoms with Gasteiger partial charge in [-0.05, 0) is 19.9 Å². The smallest absolute Gasteiger partial charge is 0.397 e. The van der Waals surface area contributed by atoms with Crippen LogP contribution in [0, 0.1) is 0 Å². The summed E-state index contributed by atoms with van der Waals surface area (Å²) in [7, 11) is -27.4. The van der Waals surface area contributed by atoms with E-state index in [9.17, 15) is 94.7 Å². The van der Waals surface area contributed by atoms with Crippen molar-refractivity contribution in [3.05, 3.63) is 0 Å². The lowest BCUT2D eigenvalue weighted by atomic mass is 9.95. The molecule has 8 unspecified atom stereocenters. The van der Waals surface area contributed by atoms with Gasteiger partial charge in [0.2, 0.25) is 0 Å². The largest absolute Gasteiger partial charge is 0.479 e. The van der Waals surface area contributed by atoms with E-state index in [0.717, 1.165) is 28.4 Å². The van der Waals surface area contributed by atoms with Gasteiger partial charge in [-0.1, -0.05) is 13.8 Å². The van der Waals surface area contributed by atoms with E-state index in [0.29, 0.717) is 6.04 Å². The van der Waals surface area contributed by atoms with E-state index < -0.39 is 216 Å². The fraction of sp³-hybridized carbons (Fsp3) is 0.941. The van der Waals surface area contributed by atoms with Gasteiger partial charge >= 0.3 is 68.2 Å². The van der Waals surface area contributed by atoms with Gasteiger partial charge in [-0.25, -0.2) is 21.5 Å². The van der Waals surface area contributed by atoms with E-state index in [2.05, 4.69) is 22.0 Å². The van der Waals surface area contributed by atoms with Gasteiger partial charge in [-0.15, -0.1) is 0 Å². The molecule has 0 bridgehead atoms. The van der Waals surface area contributed by atoms with E-state index in [1.54, 1.807) is 18.6 Å². The van der Waals surface area contributed by atoms with Gasteiger partial charge < -0.3 is 84.0 Å². The lowest BCUT2D eigenvalue weighted by Crippen LogP contribution is -2.68. The van der Waals surface area contributed by atoms with Crippen molar-refractivity contribution in [3.63, 3.8) is 0 Å². The first-order valence-corrected chi connectivity index (χ1v) is 31.1. The van der Waals surface area contributed by atoms with Crippen molar-refractivity contribution in [2.75, 3.05) is 41.7 Å². The van der Waals surface area contributed by atoms with Gasteiger partial charge in [0.25, 0.3) is 5.91 Å². The number of aliphatic hydroxyl groups excluding tert-OH is 4. The molecule has 1 amide bonds. The Bertz CT molecular complexity index is 2770. The van der Waals surface area contributed by atoms with Crippen LogP contribution in [0.2, 0.25) is 0 Å². The van der Waals surface area contributed by atoms with Gasteiger partial charge in [-0.3, -0.25) is 32.1 Å². The Kier molecular flexibility index (Phi) is 29.2. The maximum atomic E-state index is 12.8. The summed E-state index contributed by atoms with van der Waals surface area (Å²) in [6.07, 6.45) is -36.5. The molecule has 4 rings (SSSR count). The number of carbonyl (C=O) groups excluding carboxylic acids is 1. The number of rotatable bonds is 25. The van der Waals surface area contributed by atoms with E-state index in [4.69, 9.17) is 71.3 Å². The van der Waals surface area contributed by atoms with Crippen molar-refractivity contribution in [1.82, 2.24) is 14.8 Å². The predicted octanol–water partition coefficient (Wildman–Crippen LogP) is -9.09. The van der Waals surface area contributed by atoms with Gasteiger partial charge in [-0.2, -0.15) is 60.0 Å². The Labute approximate surface area is 474 Å². The average Bonchev–Trinajstić information content (AvgIpc) is 3.53. The van der Waals surface area contributed by atoms with Crippen LogP contribution in [0.5, 0.6) is 0 Å². The minimum absolute atomic E-state index is 0.333. The van der Waals surface area contributed by atoms with Gasteiger partial charge in [0.15, 0.2) is 49.6 Å². The molecule has 4 fully saturated rings. The highest BCUT2D eigenvalue weighted by Crippen LogP contribution is 2.35. The molecular formula is C34H66N4O39S6. The number of carbonyl (C=O) groups is 2. The molecular weight excluding hydrogens is 1280 g/mol. The maximum absolute atomic E-state index is 12.8. The van der Waals surface area contributed by atoms with Crippen LogP contribution in [0.3, 0.4) is 0 Å². The van der Waals surface area contributed by atoms with Crippen molar-refractivity contribution < 1.29 is 177 Å². The minimum atomic E-state index is -5.40. The van der Waals surface area contributed by atoms with Gasteiger partial charge in [0.05, 0.1) is 13.2 Å². The topological polar surface area (TPSA) is 653 Å². The van der Waals surface area contributed by atoms with Crippen LogP contribution in [0.1, 0.15) is 27.7 Å². The molecule has 0 saturated carbocycles. The van der Waals surface area contributed by atoms with Crippen molar-refractivity contribution >= 4 is 74.1 Å². The Morgan fingerprint density at radius 2 is 0.807 bits per heavy atom. The second kappa shape index (κ2) is 31.6. The fourth-order valence-electron chi connectivity index (χ4n) is 7.72. The van der Waals surface area contributed by atoms with E-state index in [1.807, 2.05) is 13.8 Å². The molecule has 4 saturated heterocycles. The molecule has 49 heteroatoms. The molecule has 0 aromatic rings. The molecule has 0 aliphatic carbocycles. The van der Waals surface area contributed by atoms with Crippen LogP contribution in [0.15, 0.2) is 0 Å². The molecule has 16 N–H and O–H groups in total. The Hall–Kier alpha value is -2.44. The molecule has 0 radical (unpaired) electrons. The zero-order valence-electron chi connectivity index (χ0n) is 44.0. The number of nitrogens with two attached hydrogens (primary N) is 1. The molecule has 4 aliphatic heterocycles. The Balaban J connectivity index is 0.000000533.